The van der Waals surface area contributed by atoms with Gasteiger partial charge in [0.2, 0.25) is 0 Å². The summed E-state index contributed by atoms with van der Waals surface area (Å²) in [5.74, 6) is -0.474. The van der Waals surface area contributed by atoms with E-state index in [1.807, 2.05) is 6.07 Å². The fraction of sp³-hybridized carbons (Fsp3) is 0.250. The molecule has 0 spiro atoms. The molecule has 0 aliphatic heterocycles. The van der Waals surface area contributed by atoms with E-state index >= 15 is 0 Å². The molecular formula is C16H17N3O2. The van der Waals surface area contributed by atoms with Gasteiger partial charge in [0, 0.05) is 6.04 Å². The summed E-state index contributed by atoms with van der Waals surface area (Å²) in [6, 6.07) is 10.2. The molecule has 1 atom stereocenters. The van der Waals surface area contributed by atoms with E-state index < -0.39 is 5.97 Å². The van der Waals surface area contributed by atoms with Crippen LogP contribution in [0.5, 0.6) is 0 Å². The number of aromatic nitrogens is 1. The molecule has 5 nitrogen and oxygen atoms in total. The molecule has 0 saturated heterocycles. The standard InChI is InChI=1S/C16H17N3O2/c17-14-9-18-15(8-13(14)16(20)21)19-12-6-5-10-3-1-2-4-11(10)7-12/h1-4,8-9,12H,5-7,17H2,(H,18,19)(H,20,21). The molecule has 0 bridgehead atoms. The van der Waals surface area contributed by atoms with Crippen molar-refractivity contribution in [2.75, 3.05) is 11.1 Å². The Bertz CT molecular complexity index is 685. The van der Waals surface area contributed by atoms with E-state index in [0.717, 1.165) is 19.3 Å². The molecule has 0 fully saturated rings. The lowest BCUT2D eigenvalue weighted by molar-refractivity contribution is 0.0698. The highest BCUT2D eigenvalue weighted by Gasteiger charge is 2.19. The van der Waals surface area contributed by atoms with Gasteiger partial charge in [0.05, 0.1) is 17.4 Å². The Morgan fingerprint density at radius 2 is 2.10 bits per heavy atom. The van der Waals surface area contributed by atoms with E-state index in [2.05, 4.69) is 28.5 Å². The summed E-state index contributed by atoms with van der Waals surface area (Å²) >= 11 is 0. The minimum absolute atomic E-state index is 0.0868. The smallest absolute Gasteiger partial charge is 0.337 e. The summed E-state index contributed by atoms with van der Waals surface area (Å²) in [7, 11) is 0. The van der Waals surface area contributed by atoms with Gasteiger partial charge in [-0.15, -0.1) is 0 Å². The monoisotopic (exact) mass is 283 g/mol. The molecule has 21 heavy (non-hydrogen) atoms. The van der Waals surface area contributed by atoms with Crippen LogP contribution in [0.2, 0.25) is 0 Å². The van der Waals surface area contributed by atoms with Crippen molar-refractivity contribution in [1.82, 2.24) is 4.98 Å². The summed E-state index contributed by atoms with van der Waals surface area (Å²) < 4.78 is 0. The molecule has 1 aromatic carbocycles. The highest BCUT2D eigenvalue weighted by molar-refractivity contribution is 5.94. The van der Waals surface area contributed by atoms with Crippen molar-refractivity contribution in [3.05, 3.63) is 53.2 Å². The number of carbonyl (C=O) groups is 1. The average molecular weight is 283 g/mol. The summed E-state index contributed by atoms with van der Waals surface area (Å²) in [4.78, 5) is 15.3. The van der Waals surface area contributed by atoms with E-state index in [0.29, 0.717) is 5.82 Å². The summed E-state index contributed by atoms with van der Waals surface area (Å²) in [5.41, 5.74) is 8.62. The lowest BCUT2D eigenvalue weighted by Crippen LogP contribution is -2.27. The van der Waals surface area contributed by atoms with Crippen molar-refractivity contribution >= 4 is 17.5 Å². The van der Waals surface area contributed by atoms with Crippen molar-refractivity contribution < 1.29 is 9.90 Å². The van der Waals surface area contributed by atoms with Gasteiger partial charge in [0.25, 0.3) is 0 Å². The Balaban J connectivity index is 1.76. The summed E-state index contributed by atoms with van der Waals surface area (Å²) in [6.07, 6.45) is 4.34. The third-order valence-electron chi connectivity index (χ3n) is 3.86. The number of hydrogen-bond acceptors (Lipinski definition) is 4. The molecule has 1 heterocycles. The zero-order valence-corrected chi connectivity index (χ0v) is 11.5. The lowest BCUT2D eigenvalue weighted by atomic mass is 9.88. The van der Waals surface area contributed by atoms with Crippen molar-refractivity contribution in [3.63, 3.8) is 0 Å². The number of carboxylic acids is 1. The van der Waals surface area contributed by atoms with Crippen LogP contribution in [0, 0.1) is 0 Å². The second-order valence-corrected chi connectivity index (χ2v) is 5.31. The summed E-state index contributed by atoms with van der Waals surface area (Å²) in [5, 5.41) is 12.4. The molecular weight excluding hydrogens is 266 g/mol. The van der Waals surface area contributed by atoms with Crippen LogP contribution >= 0.6 is 0 Å². The number of nitrogens with two attached hydrogens (primary N) is 1. The second kappa shape index (κ2) is 5.44. The van der Waals surface area contributed by atoms with Crippen LogP contribution in [-0.4, -0.2) is 22.1 Å². The average Bonchev–Trinajstić information content (AvgIpc) is 2.49. The zero-order chi connectivity index (χ0) is 14.8. The highest BCUT2D eigenvalue weighted by atomic mass is 16.4. The molecule has 1 aliphatic carbocycles. The van der Waals surface area contributed by atoms with Crippen LogP contribution in [0.15, 0.2) is 36.5 Å². The number of hydrogen-bond donors (Lipinski definition) is 3. The molecule has 1 aromatic heterocycles. The minimum Gasteiger partial charge on any atom is -0.478 e. The first-order valence-corrected chi connectivity index (χ1v) is 6.95. The van der Waals surface area contributed by atoms with Crippen LogP contribution < -0.4 is 11.1 Å². The van der Waals surface area contributed by atoms with Crippen LogP contribution in [0.4, 0.5) is 11.5 Å². The van der Waals surface area contributed by atoms with Gasteiger partial charge in [-0.1, -0.05) is 24.3 Å². The SMILES string of the molecule is Nc1cnc(NC2CCc3ccccc3C2)cc1C(=O)O. The van der Waals surface area contributed by atoms with Gasteiger partial charge >= 0.3 is 5.97 Å². The Morgan fingerprint density at radius 3 is 2.86 bits per heavy atom. The fourth-order valence-corrected chi connectivity index (χ4v) is 2.76. The van der Waals surface area contributed by atoms with Crippen LogP contribution in [0.1, 0.15) is 27.9 Å². The van der Waals surface area contributed by atoms with Crippen LogP contribution in [0.3, 0.4) is 0 Å². The molecule has 0 saturated carbocycles. The number of fused-ring (bicyclic) bond motifs is 1. The third-order valence-corrected chi connectivity index (χ3v) is 3.86. The number of aryl methyl sites for hydroxylation is 1. The normalized spacial score (nSPS) is 17.0. The number of anilines is 2. The predicted octanol–water partition coefficient (Wildman–Crippen LogP) is 2.33. The van der Waals surface area contributed by atoms with Crippen LogP contribution in [0.25, 0.3) is 0 Å². The molecule has 0 amide bonds. The van der Waals surface area contributed by atoms with Gasteiger partial charge in [-0.3, -0.25) is 0 Å². The molecule has 3 rings (SSSR count). The van der Waals surface area contributed by atoms with Gasteiger partial charge in [0.1, 0.15) is 5.82 Å². The molecule has 1 aliphatic rings. The van der Waals surface area contributed by atoms with Gasteiger partial charge in [0.15, 0.2) is 0 Å². The number of nitrogens with one attached hydrogen (secondary N) is 1. The number of nitrogen functional groups attached to an aromatic ring is 1. The predicted molar refractivity (Wildman–Crippen MR) is 81.5 cm³/mol. The number of rotatable bonds is 3. The maximum atomic E-state index is 11.1. The van der Waals surface area contributed by atoms with Gasteiger partial charge in [-0.2, -0.15) is 0 Å². The molecule has 2 aromatic rings. The van der Waals surface area contributed by atoms with E-state index in [4.69, 9.17) is 10.8 Å². The fourth-order valence-electron chi connectivity index (χ4n) is 2.76. The number of aromatic carboxylic acids is 1. The van der Waals surface area contributed by atoms with E-state index in [9.17, 15) is 4.79 Å². The maximum Gasteiger partial charge on any atom is 0.337 e. The number of benzene rings is 1. The number of pyridine rings is 1. The minimum atomic E-state index is -1.04. The van der Waals surface area contributed by atoms with Crippen molar-refractivity contribution in [2.45, 2.75) is 25.3 Å². The van der Waals surface area contributed by atoms with E-state index in [1.54, 1.807) is 0 Å². The Morgan fingerprint density at radius 1 is 1.33 bits per heavy atom. The van der Waals surface area contributed by atoms with Crippen LogP contribution in [-0.2, 0) is 12.8 Å². The Labute approximate surface area is 122 Å². The third kappa shape index (κ3) is 2.81. The molecule has 4 N–H and O–H groups in total. The maximum absolute atomic E-state index is 11.1. The van der Waals surface area contributed by atoms with E-state index in [1.165, 1.54) is 23.4 Å². The highest BCUT2D eigenvalue weighted by Crippen LogP contribution is 2.24. The first-order chi connectivity index (χ1) is 10.1. The molecule has 5 heteroatoms. The Kier molecular flexibility index (Phi) is 3.48. The second-order valence-electron chi connectivity index (χ2n) is 5.31. The number of carboxylic acid groups (broad SMARTS) is 1. The number of nitrogens with zero attached hydrogens (tertiary/aromatic N) is 1. The quantitative estimate of drug-likeness (QED) is 0.804. The molecule has 108 valence electrons. The van der Waals surface area contributed by atoms with Gasteiger partial charge in [-0.05, 0) is 36.5 Å². The van der Waals surface area contributed by atoms with Crippen molar-refractivity contribution in [3.8, 4) is 0 Å². The first kappa shape index (κ1) is 13.4. The van der Waals surface area contributed by atoms with Gasteiger partial charge < -0.3 is 16.2 Å². The van der Waals surface area contributed by atoms with Gasteiger partial charge in [-0.25, -0.2) is 9.78 Å². The molecule has 1 unspecified atom stereocenters. The molecule has 0 radical (unpaired) electrons. The Hall–Kier alpha value is -2.56. The first-order valence-electron chi connectivity index (χ1n) is 6.95. The summed E-state index contributed by atoms with van der Waals surface area (Å²) in [6.45, 7) is 0. The topological polar surface area (TPSA) is 88.2 Å². The largest absolute Gasteiger partial charge is 0.478 e. The lowest BCUT2D eigenvalue weighted by Gasteiger charge is -2.26. The zero-order valence-electron chi connectivity index (χ0n) is 11.5. The van der Waals surface area contributed by atoms with Crippen molar-refractivity contribution in [2.24, 2.45) is 0 Å². The van der Waals surface area contributed by atoms with E-state index in [-0.39, 0.29) is 17.3 Å². The van der Waals surface area contributed by atoms with Crippen molar-refractivity contribution in [1.29, 1.82) is 0 Å².